The summed E-state index contributed by atoms with van der Waals surface area (Å²) in [6.07, 6.45) is 3.86. The normalized spacial score (nSPS) is 16.1. The minimum absolute atomic E-state index is 0.131. The van der Waals surface area contributed by atoms with Gasteiger partial charge < -0.3 is 10.1 Å². The summed E-state index contributed by atoms with van der Waals surface area (Å²) >= 11 is 0. The molecule has 6 nitrogen and oxygen atoms in total. The number of fused-ring (bicyclic) bond motifs is 1. The Morgan fingerprint density at radius 1 is 1.23 bits per heavy atom. The van der Waals surface area contributed by atoms with Crippen LogP contribution in [0, 0.1) is 0 Å². The SMILES string of the molecule is COc1ccc2c(c1)CCCC2NC(=O)CN(c1ccccc1C(C)C)S(C)(=O)=O. The quantitative estimate of drug-likeness (QED) is 0.725. The Bertz CT molecular complexity index is 1020. The lowest BCUT2D eigenvalue weighted by Gasteiger charge is -2.29. The fraction of sp³-hybridized carbons (Fsp3) is 0.435. The molecular weight excluding hydrogens is 400 g/mol. The van der Waals surface area contributed by atoms with Crippen molar-refractivity contribution in [2.24, 2.45) is 0 Å². The number of carbonyl (C=O) groups excluding carboxylic acids is 1. The maximum absolute atomic E-state index is 12.9. The van der Waals surface area contributed by atoms with Crippen molar-refractivity contribution in [3.63, 3.8) is 0 Å². The van der Waals surface area contributed by atoms with Gasteiger partial charge in [0, 0.05) is 0 Å². The van der Waals surface area contributed by atoms with Crippen LogP contribution in [0.15, 0.2) is 42.5 Å². The number of anilines is 1. The average molecular weight is 431 g/mol. The van der Waals surface area contributed by atoms with E-state index in [1.54, 1.807) is 19.2 Å². The van der Waals surface area contributed by atoms with Gasteiger partial charge in [-0.15, -0.1) is 0 Å². The molecule has 1 aliphatic carbocycles. The zero-order chi connectivity index (χ0) is 21.9. The molecule has 0 heterocycles. The Balaban J connectivity index is 1.82. The number of carbonyl (C=O) groups is 1. The lowest BCUT2D eigenvalue weighted by molar-refractivity contribution is -0.120. The Labute approximate surface area is 179 Å². The van der Waals surface area contributed by atoms with Gasteiger partial charge in [0.1, 0.15) is 12.3 Å². The molecule has 0 aliphatic heterocycles. The van der Waals surface area contributed by atoms with Crippen LogP contribution in [0.3, 0.4) is 0 Å². The molecule has 1 atom stereocenters. The molecule has 162 valence electrons. The standard InChI is InChI=1S/C23H30N2O4S/c1-16(2)19-9-5-6-11-22(19)25(30(4,27)28)15-23(26)24-21-10-7-8-17-14-18(29-3)12-13-20(17)21/h5-6,9,11-14,16,21H,7-8,10,15H2,1-4H3,(H,24,26). The summed E-state index contributed by atoms with van der Waals surface area (Å²) in [5.41, 5.74) is 3.68. The van der Waals surface area contributed by atoms with Crippen molar-refractivity contribution < 1.29 is 17.9 Å². The van der Waals surface area contributed by atoms with Crippen LogP contribution in [0.5, 0.6) is 5.75 Å². The first kappa shape index (κ1) is 22.2. The second-order valence-corrected chi connectivity index (χ2v) is 9.97. The molecule has 1 aliphatic rings. The lowest BCUT2D eigenvalue weighted by Crippen LogP contribution is -2.42. The van der Waals surface area contributed by atoms with Crippen LogP contribution >= 0.6 is 0 Å². The molecule has 3 rings (SSSR count). The highest BCUT2D eigenvalue weighted by Gasteiger charge is 2.27. The van der Waals surface area contributed by atoms with Crippen LogP contribution in [-0.2, 0) is 21.2 Å². The summed E-state index contributed by atoms with van der Waals surface area (Å²) < 4.78 is 31.6. The van der Waals surface area contributed by atoms with Gasteiger partial charge >= 0.3 is 0 Å². The first-order valence-corrected chi connectivity index (χ1v) is 12.1. The van der Waals surface area contributed by atoms with Crippen LogP contribution in [0.4, 0.5) is 5.69 Å². The van der Waals surface area contributed by atoms with E-state index in [9.17, 15) is 13.2 Å². The topological polar surface area (TPSA) is 75.7 Å². The van der Waals surface area contributed by atoms with E-state index >= 15 is 0 Å². The van der Waals surface area contributed by atoms with Gasteiger partial charge in [0.15, 0.2) is 0 Å². The number of para-hydroxylation sites is 1. The molecule has 0 saturated heterocycles. The van der Waals surface area contributed by atoms with E-state index in [-0.39, 0.29) is 24.4 Å². The molecule has 7 heteroatoms. The molecule has 0 radical (unpaired) electrons. The first-order valence-electron chi connectivity index (χ1n) is 10.2. The van der Waals surface area contributed by atoms with Gasteiger partial charge in [0.2, 0.25) is 15.9 Å². The van der Waals surface area contributed by atoms with Crippen LogP contribution in [-0.4, -0.2) is 34.2 Å². The molecule has 0 fully saturated rings. The van der Waals surface area contributed by atoms with Crippen molar-refractivity contribution >= 4 is 21.6 Å². The van der Waals surface area contributed by atoms with Gasteiger partial charge in [-0.1, -0.05) is 38.1 Å². The molecule has 0 spiro atoms. The summed E-state index contributed by atoms with van der Waals surface area (Å²) in [6, 6.07) is 13.1. The summed E-state index contributed by atoms with van der Waals surface area (Å²) in [5.74, 6) is 0.621. The van der Waals surface area contributed by atoms with E-state index in [1.807, 2.05) is 44.2 Å². The Morgan fingerprint density at radius 2 is 1.97 bits per heavy atom. The first-order chi connectivity index (χ1) is 14.2. The number of nitrogens with zero attached hydrogens (tertiary/aromatic N) is 1. The molecule has 0 saturated carbocycles. The number of sulfonamides is 1. The fourth-order valence-electron chi connectivity index (χ4n) is 4.02. The van der Waals surface area contributed by atoms with Crippen LogP contribution in [0.1, 0.15) is 55.3 Å². The lowest BCUT2D eigenvalue weighted by atomic mass is 9.87. The van der Waals surface area contributed by atoms with E-state index in [2.05, 4.69) is 5.32 Å². The highest BCUT2D eigenvalue weighted by atomic mass is 32.2. The number of nitrogens with one attached hydrogen (secondary N) is 1. The van der Waals surface area contributed by atoms with Crippen molar-refractivity contribution in [1.29, 1.82) is 0 Å². The monoisotopic (exact) mass is 430 g/mol. The third-order valence-electron chi connectivity index (χ3n) is 5.51. The molecule has 0 aromatic heterocycles. The maximum atomic E-state index is 12.9. The van der Waals surface area contributed by atoms with Gasteiger partial charge in [-0.3, -0.25) is 9.10 Å². The fourth-order valence-corrected chi connectivity index (χ4v) is 4.90. The van der Waals surface area contributed by atoms with E-state index in [1.165, 1.54) is 4.31 Å². The molecule has 2 aromatic carbocycles. The summed E-state index contributed by atoms with van der Waals surface area (Å²) in [6.45, 7) is 3.77. The number of hydrogen-bond acceptors (Lipinski definition) is 4. The summed E-state index contributed by atoms with van der Waals surface area (Å²) in [4.78, 5) is 12.9. The van der Waals surface area contributed by atoms with Gasteiger partial charge in [-0.2, -0.15) is 0 Å². The summed E-state index contributed by atoms with van der Waals surface area (Å²) in [5, 5.41) is 3.05. The zero-order valence-electron chi connectivity index (χ0n) is 18.0. The van der Waals surface area contributed by atoms with Crippen LogP contribution < -0.4 is 14.4 Å². The Hall–Kier alpha value is -2.54. The van der Waals surface area contributed by atoms with E-state index in [0.717, 1.165) is 48.0 Å². The van der Waals surface area contributed by atoms with Gasteiger partial charge in [-0.25, -0.2) is 8.42 Å². The maximum Gasteiger partial charge on any atom is 0.241 e. The van der Waals surface area contributed by atoms with E-state index < -0.39 is 10.0 Å². The summed E-state index contributed by atoms with van der Waals surface area (Å²) in [7, 11) is -1.99. The van der Waals surface area contributed by atoms with E-state index in [0.29, 0.717) is 5.69 Å². The molecule has 2 aromatic rings. The highest BCUT2D eigenvalue weighted by Crippen LogP contribution is 2.33. The van der Waals surface area contributed by atoms with Crippen molar-refractivity contribution in [1.82, 2.24) is 5.32 Å². The van der Waals surface area contributed by atoms with E-state index in [4.69, 9.17) is 4.74 Å². The number of benzene rings is 2. The molecule has 1 unspecified atom stereocenters. The predicted octanol–water partition coefficient (Wildman–Crippen LogP) is 3.78. The Morgan fingerprint density at radius 3 is 2.63 bits per heavy atom. The molecule has 30 heavy (non-hydrogen) atoms. The Kier molecular flexibility index (Phi) is 6.71. The van der Waals surface area contributed by atoms with Crippen molar-refractivity contribution in [3.8, 4) is 5.75 Å². The third-order valence-corrected chi connectivity index (χ3v) is 6.64. The number of aryl methyl sites for hydroxylation is 1. The van der Waals surface area contributed by atoms with Gasteiger partial charge in [-0.05, 0) is 60.1 Å². The molecule has 1 N–H and O–H groups in total. The third kappa shape index (κ3) is 4.95. The minimum atomic E-state index is -3.62. The number of methoxy groups -OCH3 is 1. The smallest absolute Gasteiger partial charge is 0.241 e. The van der Waals surface area contributed by atoms with Crippen molar-refractivity contribution in [2.75, 3.05) is 24.2 Å². The van der Waals surface area contributed by atoms with Crippen LogP contribution in [0.25, 0.3) is 0 Å². The zero-order valence-corrected chi connectivity index (χ0v) is 18.8. The molecule has 0 bridgehead atoms. The number of amides is 1. The van der Waals surface area contributed by atoms with Gasteiger partial charge in [0.05, 0.1) is 25.1 Å². The average Bonchev–Trinajstić information content (AvgIpc) is 2.71. The number of rotatable bonds is 7. The second-order valence-electron chi connectivity index (χ2n) is 8.06. The minimum Gasteiger partial charge on any atom is -0.497 e. The van der Waals surface area contributed by atoms with Crippen molar-refractivity contribution in [2.45, 2.75) is 45.1 Å². The molecular formula is C23H30N2O4S. The van der Waals surface area contributed by atoms with Crippen LogP contribution in [0.2, 0.25) is 0 Å². The number of hydrogen-bond donors (Lipinski definition) is 1. The number of ether oxygens (including phenoxy) is 1. The predicted molar refractivity (Wildman–Crippen MR) is 120 cm³/mol. The second kappa shape index (κ2) is 9.08. The largest absolute Gasteiger partial charge is 0.497 e. The molecule has 1 amide bonds. The van der Waals surface area contributed by atoms with Gasteiger partial charge in [0.25, 0.3) is 0 Å². The van der Waals surface area contributed by atoms with Crippen molar-refractivity contribution in [3.05, 3.63) is 59.2 Å². The highest BCUT2D eigenvalue weighted by molar-refractivity contribution is 7.92.